The normalized spacial score (nSPS) is 13.2. The second kappa shape index (κ2) is 6.89. The van der Waals surface area contributed by atoms with Crippen molar-refractivity contribution in [3.05, 3.63) is 0 Å². The molecular weight excluding hydrogens is 166 g/mol. The Morgan fingerprint density at radius 3 is 2.38 bits per heavy atom. The van der Waals surface area contributed by atoms with Gasteiger partial charge in [0.1, 0.15) is 0 Å². The molecule has 0 aliphatic heterocycles. The van der Waals surface area contributed by atoms with Crippen molar-refractivity contribution in [2.24, 2.45) is 11.7 Å². The largest absolute Gasteiger partial charge is 0.378 e. The Morgan fingerprint density at radius 1 is 1.31 bits per heavy atom. The third-order valence-electron chi connectivity index (χ3n) is 1.89. The summed E-state index contributed by atoms with van der Waals surface area (Å²) >= 11 is 0. The molecule has 3 heteroatoms. The van der Waals surface area contributed by atoms with Crippen LogP contribution in [0.3, 0.4) is 0 Å². The van der Waals surface area contributed by atoms with E-state index >= 15 is 0 Å². The molecule has 78 valence electrons. The van der Waals surface area contributed by atoms with Gasteiger partial charge in [-0.1, -0.05) is 13.8 Å². The van der Waals surface area contributed by atoms with E-state index in [-0.39, 0.29) is 12.0 Å². The molecule has 3 nitrogen and oxygen atoms in total. The summed E-state index contributed by atoms with van der Waals surface area (Å²) in [7, 11) is 0. The molecule has 0 aromatic carbocycles. The Kier molecular flexibility index (Phi) is 6.59. The molecule has 0 aliphatic rings. The standard InChI is InChI=1S/C10H21NO2/c1-8(2)6-7-13-9(3)4-5-10(11)12/h8-9H,4-7H2,1-3H3,(H2,11,12). The summed E-state index contributed by atoms with van der Waals surface area (Å²) in [4.78, 5) is 10.5. The van der Waals surface area contributed by atoms with Crippen molar-refractivity contribution in [1.29, 1.82) is 0 Å². The molecule has 0 rings (SSSR count). The van der Waals surface area contributed by atoms with E-state index in [9.17, 15) is 4.79 Å². The lowest BCUT2D eigenvalue weighted by molar-refractivity contribution is -0.118. The molecule has 0 aromatic rings. The maximum Gasteiger partial charge on any atom is 0.217 e. The number of primary amides is 1. The van der Waals surface area contributed by atoms with Crippen LogP contribution >= 0.6 is 0 Å². The predicted octanol–water partition coefficient (Wildman–Crippen LogP) is 1.70. The maximum atomic E-state index is 10.5. The van der Waals surface area contributed by atoms with Gasteiger partial charge in [-0.25, -0.2) is 0 Å². The van der Waals surface area contributed by atoms with Crippen LogP contribution in [0.1, 0.15) is 40.0 Å². The minimum absolute atomic E-state index is 0.145. The molecule has 2 N–H and O–H groups in total. The van der Waals surface area contributed by atoms with Crippen molar-refractivity contribution in [3.8, 4) is 0 Å². The zero-order chi connectivity index (χ0) is 10.3. The van der Waals surface area contributed by atoms with E-state index in [4.69, 9.17) is 10.5 Å². The van der Waals surface area contributed by atoms with Crippen molar-refractivity contribution in [3.63, 3.8) is 0 Å². The zero-order valence-electron chi connectivity index (χ0n) is 8.88. The summed E-state index contributed by atoms with van der Waals surface area (Å²) in [5.41, 5.74) is 5.02. The second-order valence-electron chi connectivity index (χ2n) is 3.87. The SMILES string of the molecule is CC(C)CCOC(C)CCC(N)=O. The van der Waals surface area contributed by atoms with Crippen LogP contribution in [0.15, 0.2) is 0 Å². The third-order valence-corrected chi connectivity index (χ3v) is 1.89. The highest BCUT2D eigenvalue weighted by molar-refractivity contribution is 5.73. The first-order valence-corrected chi connectivity index (χ1v) is 4.92. The van der Waals surface area contributed by atoms with Gasteiger partial charge in [-0.05, 0) is 25.7 Å². The topological polar surface area (TPSA) is 52.3 Å². The van der Waals surface area contributed by atoms with E-state index in [2.05, 4.69) is 13.8 Å². The van der Waals surface area contributed by atoms with E-state index < -0.39 is 0 Å². The van der Waals surface area contributed by atoms with Gasteiger partial charge in [0.2, 0.25) is 5.91 Å². The fraction of sp³-hybridized carbons (Fsp3) is 0.900. The van der Waals surface area contributed by atoms with Crippen molar-refractivity contribution >= 4 is 5.91 Å². The zero-order valence-corrected chi connectivity index (χ0v) is 8.88. The van der Waals surface area contributed by atoms with Gasteiger partial charge >= 0.3 is 0 Å². The fourth-order valence-corrected chi connectivity index (χ4v) is 0.934. The average molecular weight is 187 g/mol. The molecular formula is C10H21NO2. The second-order valence-corrected chi connectivity index (χ2v) is 3.87. The number of hydrogen-bond acceptors (Lipinski definition) is 2. The monoisotopic (exact) mass is 187 g/mol. The van der Waals surface area contributed by atoms with E-state index in [0.29, 0.717) is 12.3 Å². The first kappa shape index (κ1) is 12.4. The highest BCUT2D eigenvalue weighted by Crippen LogP contribution is 2.05. The third kappa shape index (κ3) is 9.34. The highest BCUT2D eigenvalue weighted by atomic mass is 16.5. The molecule has 13 heavy (non-hydrogen) atoms. The maximum absolute atomic E-state index is 10.5. The molecule has 1 unspecified atom stereocenters. The van der Waals surface area contributed by atoms with Crippen molar-refractivity contribution in [2.75, 3.05) is 6.61 Å². The number of nitrogens with two attached hydrogens (primary N) is 1. The molecule has 0 heterocycles. The molecule has 0 aliphatic carbocycles. The number of amides is 1. The Hall–Kier alpha value is -0.570. The molecule has 1 amide bonds. The van der Waals surface area contributed by atoms with Crippen molar-refractivity contribution in [2.45, 2.75) is 46.1 Å². The van der Waals surface area contributed by atoms with E-state index in [1.54, 1.807) is 0 Å². The summed E-state index contributed by atoms with van der Waals surface area (Å²) in [5.74, 6) is 0.419. The Bertz CT molecular complexity index is 146. The minimum Gasteiger partial charge on any atom is -0.378 e. The van der Waals surface area contributed by atoms with Gasteiger partial charge in [-0.15, -0.1) is 0 Å². The first-order chi connectivity index (χ1) is 6.02. The molecule has 0 bridgehead atoms. The lowest BCUT2D eigenvalue weighted by Crippen LogP contribution is -2.16. The summed E-state index contributed by atoms with van der Waals surface area (Å²) < 4.78 is 5.50. The molecule has 0 fully saturated rings. The minimum atomic E-state index is -0.251. The van der Waals surface area contributed by atoms with Gasteiger partial charge in [0, 0.05) is 13.0 Å². The van der Waals surface area contributed by atoms with E-state index in [1.165, 1.54) is 0 Å². The van der Waals surface area contributed by atoms with Gasteiger partial charge in [0.25, 0.3) is 0 Å². The number of hydrogen-bond donors (Lipinski definition) is 1. The Morgan fingerprint density at radius 2 is 1.92 bits per heavy atom. The van der Waals surface area contributed by atoms with Gasteiger partial charge < -0.3 is 10.5 Å². The van der Waals surface area contributed by atoms with Crippen LogP contribution in [-0.2, 0) is 9.53 Å². The first-order valence-electron chi connectivity index (χ1n) is 4.92. The van der Waals surface area contributed by atoms with Crippen LogP contribution < -0.4 is 5.73 Å². The average Bonchev–Trinajstić information content (AvgIpc) is 2.00. The number of ether oxygens (including phenoxy) is 1. The van der Waals surface area contributed by atoms with Gasteiger partial charge in [0.05, 0.1) is 6.10 Å². The summed E-state index contributed by atoms with van der Waals surface area (Å²) in [6.07, 6.45) is 2.36. The summed E-state index contributed by atoms with van der Waals surface area (Å²) in [6.45, 7) is 7.08. The van der Waals surface area contributed by atoms with Gasteiger partial charge in [0.15, 0.2) is 0 Å². The number of carbonyl (C=O) groups excluding carboxylic acids is 1. The molecule has 0 radical (unpaired) electrons. The van der Waals surface area contributed by atoms with Crippen LogP contribution in [0.25, 0.3) is 0 Å². The van der Waals surface area contributed by atoms with Crippen LogP contribution in [0.4, 0.5) is 0 Å². The lowest BCUT2D eigenvalue weighted by atomic mass is 10.1. The highest BCUT2D eigenvalue weighted by Gasteiger charge is 2.04. The van der Waals surface area contributed by atoms with E-state index in [0.717, 1.165) is 19.4 Å². The van der Waals surface area contributed by atoms with Crippen molar-refractivity contribution in [1.82, 2.24) is 0 Å². The number of carbonyl (C=O) groups is 1. The van der Waals surface area contributed by atoms with E-state index in [1.807, 2.05) is 6.92 Å². The molecule has 0 spiro atoms. The molecule has 0 saturated heterocycles. The molecule has 1 atom stereocenters. The Labute approximate surface area is 80.6 Å². The van der Waals surface area contributed by atoms with Crippen LogP contribution in [-0.4, -0.2) is 18.6 Å². The fourth-order valence-electron chi connectivity index (χ4n) is 0.934. The smallest absolute Gasteiger partial charge is 0.217 e. The van der Waals surface area contributed by atoms with Gasteiger partial charge in [-0.3, -0.25) is 4.79 Å². The predicted molar refractivity (Wildman–Crippen MR) is 53.3 cm³/mol. The van der Waals surface area contributed by atoms with Crippen molar-refractivity contribution < 1.29 is 9.53 Å². The summed E-state index contributed by atoms with van der Waals surface area (Å²) in [6, 6.07) is 0. The summed E-state index contributed by atoms with van der Waals surface area (Å²) in [5, 5.41) is 0. The molecule has 0 aromatic heterocycles. The Balaban J connectivity index is 3.30. The quantitative estimate of drug-likeness (QED) is 0.659. The van der Waals surface area contributed by atoms with Crippen LogP contribution in [0.2, 0.25) is 0 Å². The molecule has 0 saturated carbocycles. The van der Waals surface area contributed by atoms with Crippen LogP contribution in [0.5, 0.6) is 0 Å². The van der Waals surface area contributed by atoms with Gasteiger partial charge in [-0.2, -0.15) is 0 Å². The lowest BCUT2D eigenvalue weighted by Gasteiger charge is -2.12. The van der Waals surface area contributed by atoms with Crippen LogP contribution in [0, 0.1) is 5.92 Å². The number of rotatable bonds is 7.